The van der Waals surface area contributed by atoms with Crippen LogP contribution in [0.5, 0.6) is 0 Å². The maximum absolute atomic E-state index is 4.97. The second-order valence-electron chi connectivity index (χ2n) is 9.14. The van der Waals surface area contributed by atoms with Crippen molar-refractivity contribution in [1.29, 1.82) is 0 Å². The Labute approximate surface area is 209 Å². The number of benzene rings is 6. The molecule has 0 spiro atoms. The molecule has 0 bridgehead atoms. The number of allylic oxidation sites excluding steroid dienone is 4. The molecule has 1 aliphatic rings. The van der Waals surface area contributed by atoms with Crippen LogP contribution >= 0.6 is 0 Å². The molecular formula is C34H22N2. The van der Waals surface area contributed by atoms with E-state index in [4.69, 9.17) is 9.98 Å². The van der Waals surface area contributed by atoms with Gasteiger partial charge in [-0.15, -0.1) is 0 Å². The lowest BCUT2D eigenvalue weighted by atomic mass is 10.0. The second kappa shape index (κ2) is 8.44. The summed E-state index contributed by atoms with van der Waals surface area (Å²) in [7, 11) is 0. The smallest absolute Gasteiger partial charge is 0.0715 e. The molecule has 168 valence electrons. The molecule has 0 atom stereocenters. The molecule has 0 saturated carbocycles. The molecule has 0 aromatic heterocycles. The molecule has 6 aromatic rings. The van der Waals surface area contributed by atoms with Gasteiger partial charge in [0.2, 0.25) is 0 Å². The van der Waals surface area contributed by atoms with Crippen LogP contribution in [-0.2, 0) is 0 Å². The zero-order valence-electron chi connectivity index (χ0n) is 19.6. The van der Waals surface area contributed by atoms with Crippen molar-refractivity contribution < 1.29 is 0 Å². The average Bonchev–Trinajstić information content (AvgIpc) is 2.92. The Bertz CT molecular complexity index is 1780. The van der Waals surface area contributed by atoms with E-state index in [-0.39, 0.29) is 0 Å². The lowest BCUT2D eigenvalue weighted by Gasteiger charge is -2.08. The topological polar surface area (TPSA) is 24.7 Å². The van der Waals surface area contributed by atoms with Gasteiger partial charge in [-0.3, -0.25) is 0 Å². The summed E-state index contributed by atoms with van der Waals surface area (Å²) in [6.07, 6.45) is 8.16. The summed E-state index contributed by atoms with van der Waals surface area (Å²) in [4.78, 5) is 9.93. The van der Waals surface area contributed by atoms with Gasteiger partial charge in [0.15, 0.2) is 0 Å². The first-order chi connectivity index (χ1) is 17.8. The fourth-order valence-corrected chi connectivity index (χ4v) is 4.98. The third-order valence-electron chi connectivity index (χ3n) is 6.80. The summed E-state index contributed by atoms with van der Waals surface area (Å²) in [5.41, 5.74) is 3.78. The Morgan fingerprint density at radius 1 is 0.333 bits per heavy atom. The Morgan fingerprint density at radius 3 is 1.11 bits per heavy atom. The van der Waals surface area contributed by atoms with Crippen molar-refractivity contribution in [2.75, 3.05) is 0 Å². The first-order valence-electron chi connectivity index (χ1n) is 12.2. The molecule has 2 heteroatoms. The van der Waals surface area contributed by atoms with Crippen LogP contribution in [-0.4, -0.2) is 11.4 Å². The van der Waals surface area contributed by atoms with Crippen LogP contribution in [0.25, 0.3) is 43.1 Å². The van der Waals surface area contributed by atoms with Crippen molar-refractivity contribution in [2.45, 2.75) is 0 Å². The largest absolute Gasteiger partial charge is 0.248 e. The molecule has 0 radical (unpaired) electrons. The third kappa shape index (κ3) is 3.70. The number of hydrogen-bond acceptors (Lipinski definition) is 2. The molecule has 7 rings (SSSR count). The van der Waals surface area contributed by atoms with Crippen molar-refractivity contribution in [3.8, 4) is 0 Å². The molecule has 0 heterocycles. The molecule has 6 aromatic carbocycles. The molecule has 2 nitrogen and oxygen atoms in total. The van der Waals surface area contributed by atoms with Gasteiger partial charge < -0.3 is 0 Å². The maximum Gasteiger partial charge on any atom is 0.0715 e. The van der Waals surface area contributed by atoms with E-state index in [0.29, 0.717) is 0 Å². The number of hydrogen-bond donors (Lipinski definition) is 0. The van der Waals surface area contributed by atoms with Crippen molar-refractivity contribution in [2.24, 2.45) is 9.98 Å². The first kappa shape index (κ1) is 20.5. The summed E-state index contributed by atoms with van der Waals surface area (Å²) in [5.74, 6) is 0. The van der Waals surface area contributed by atoms with Crippen molar-refractivity contribution in [3.63, 3.8) is 0 Å². The zero-order chi connectivity index (χ0) is 23.9. The van der Waals surface area contributed by atoms with E-state index >= 15 is 0 Å². The maximum atomic E-state index is 4.97. The lowest BCUT2D eigenvalue weighted by Crippen LogP contribution is -1.99. The highest BCUT2D eigenvalue weighted by Gasteiger charge is 2.07. The molecule has 0 saturated heterocycles. The Kier molecular flexibility index (Phi) is 4.82. The highest BCUT2D eigenvalue weighted by molar-refractivity contribution is 6.20. The van der Waals surface area contributed by atoms with Crippen LogP contribution < -0.4 is 0 Å². The highest BCUT2D eigenvalue weighted by atomic mass is 14.8. The Morgan fingerprint density at radius 2 is 0.694 bits per heavy atom. The molecule has 0 fully saturated rings. The van der Waals surface area contributed by atoms with Crippen LogP contribution in [0.3, 0.4) is 0 Å². The fourth-order valence-electron chi connectivity index (χ4n) is 4.98. The van der Waals surface area contributed by atoms with Crippen LogP contribution in [0.2, 0.25) is 0 Å². The van der Waals surface area contributed by atoms with Gasteiger partial charge in [-0.25, -0.2) is 9.98 Å². The summed E-state index contributed by atoms with van der Waals surface area (Å²) in [6, 6.07) is 38.5. The summed E-state index contributed by atoms with van der Waals surface area (Å²) < 4.78 is 0. The first-order valence-corrected chi connectivity index (χ1v) is 12.2. The summed E-state index contributed by atoms with van der Waals surface area (Å²) >= 11 is 0. The standard InChI is InChI=1S/C34H22N2/c1-3-9-25-21-31-27(19-23(25)7-1)11-5-13-33(31)35-29-15-17-30(18-16-29)36-34-14-6-12-28-20-24-8-2-4-10-26(24)22-32(28)34/h1-22H. The van der Waals surface area contributed by atoms with Crippen molar-refractivity contribution in [3.05, 3.63) is 133 Å². The predicted octanol–water partition coefficient (Wildman–Crippen LogP) is 9.27. The number of rotatable bonds is 2. The van der Waals surface area contributed by atoms with E-state index in [2.05, 4.69) is 109 Å². The zero-order valence-corrected chi connectivity index (χ0v) is 19.6. The molecule has 0 N–H and O–H groups in total. The minimum Gasteiger partial charge on any atom is -0.248 e. The SMILES string of the molecule is C1=CC(=Nc2cccc3cc4ccccc4cc23)C=CC1=Nc1cccc2cc3ccccc3cc12. The highest BCUT2D eigenvalue weighted by Crippen LogP contribution is 2.32. The van der Waals surface area contributed by atoms with Crippen LogP contribution in [0, 0.1) is 0 Å². The van der Waals surface area contributed by atoms with Gasteiger partial charge in [0.1, 0.15) is 0 Å². The van der Waals surface area contributed by atoms with E-state index in [1.807, 2.05) is 24.3 Å². The lowest BCUT2D eigenvalue weighted by molar-refractivity contribution is 1.55. The Balaban J connectivity index is 1.24. The molecule has 0 amide bonds. The van der Waals surface area contributed by atoms with Gasteiger partial charge in [-0.1, -0.05) is 72.8 Å². The molecule has 0 aliphatic heterocycles. The molecule has 36 heavy (non-hydrogen) atoms. The molecule has 0 unspecified atom stereocenters. The Hall–Kier alpha value is -4.82. The monoisotopic (exact) mass is 458 g/mol. The van der Waals surface area contributed by atoms with Crippen LogP contribution in [0.4, 0.5) is 11.4 Å². The van der Waals surface area contributed by atoms with Gasteiger partial charge in [0.05, 0.1) is 22.8 Å². The van der Waals surface area contributed by atoms with Gasteiger partial charge in [-0.05, 0) is 93.0 Å². The molecule has 1 aliphatic carbocycles. The van der Waals surface area contributed by atoms with Gasteiger partial charge >= 0.3 is 0 Å². The predicted molar refractivity (Wildman–Crippen MR) is 155 cm³/mol. The van der Waals surface area contributed by atoms with Crippen molar-refractivity contribution >= 4 is 65.9 Å². The van der Waals surface area contributed by atoms with E-state index < -0.39 is 0 Å². The number of nitrogens with zero attached hydrogens (tertiary/aromatic N) is 2. The number of fused-ring (bicyclic) bond motifs is 4. The van der Waals surface area contributed by atoms with Gasteiger partial charge in [0.25, 0.3) is 0 Å². The van der Waals surface area contributed by atoms with Crippen molar-refractivity contribution in [1.82, 2.24) is 0 Å². The molecular weight excluding hydrogens is 436 g/mol. The van der Waals surface area contributed by atoms with Crippen LogP contribution in [0.15, 0.2) is 143 Å². The summed E-state index contributed by atoms with van der Waals surface area (Å²) in [6.45, 7) is 0. The summed E-state index contributed by atoms with van der Waals surface area (Å²) in [5, 5.41) is 9.66. The minimum absolute atomic E-state index is 0.915. The van der Waals surface area contributed by atoms with Gasteiger partial charge in [0, 0.05) is 10.8 Å². The second-order valence-corrected chi connectivity index (χ2v) is 9.14. The minimum atomic E-state index is 0.915. The average molecular weight is 459 g/mol. The normalized spacial score (nSPS) is 13.2. The van der Waals surface area contributed by atoms with E-state index in [1.54, 1.807) is 0 Å². The third-order valence-corrected chi connectivity index (χ3v) is 6.80. The van der Waals surface area contributed by atoms with Crippen LogP contribution in [0.1, 0.15) is 0 Å². The number of aliphatic imine (C=N–C) groups is 2. The quantitative estimate of drug-likeness (QED) is 0.182. The van der Waals surface area contributed by atoms with E-state index in [0.717, 1.165) is 33.6 Å². The van der Waals surface area contributed by atoms with E-state index in [1.165, 1.54) is 32.3 Å². The van der Waals surface area contributed by atoms with Gasteiger partial charge in [-0.2, -0.15) is 0 Å². The van der Waals surface area contributed by atoms with E-state index in [9.17, 15) is 0 Å². The fraction of sp³-hybridized carbons (Fsp3) is 0.